The molecule has 0 amide bonds. The van der Waals surface area contributed by atoms with Crippen LogP contribution >= 0.6 is 0 Å². The summed E-state index contributed by atoms with van der Waals surface area (Å²) in [5.74, 6) is 0. The van der Waals surface area contributed by atoms with E-state index in [1.807, 2.05) is 0 Å². The number of rotatable bonds is 2. The third-order valence-corrected chi connectivity index (χ3v) is 2.31. The van der Waals surface area contributed by atoms with E-state index in [0.717, 1.165) is 0 Å². The predicted octanol–water partition coefficient (Wildman–Crippen LogP) is -3.28. The normalized spacial score (nSPS) is 45.0. The molecule has 1 fully saturated rings. The van der Waals surface area contributed by atoms with Gasteiger partial charge in [-0.15, -0.1) is 0 Å². The van der Waals surface area contributed by atoms with Gasteiger partial charge in [-0.25, -0.2) is 0 Å². The summed E-state index contributed by atoms with van der Waals surface area (Å²) in [6, 6.07) is 0. The smallest absolute Gasteiger partial charge is 0.183 e. The van der Waals surface area contributed by atoms with Gasteiger partial charge in [0, 0.05) is 0 Å². The summed E-state index contributed by atoms with van der Waals surface area (Å²) in [6.45, 7) is -0.306. The molecule has 0 aliphatic carbocycles. The van der Waals surface area contributed by atoms with Crippen molar-refractivity contribution >= 4 is 10.5 Å². The quantitative estimate of drug-likeness (QED) is 0.388. The highest BCUT2D eigenvalue weighted by Crippen LogP contribution is 2.20. The van der Waals surface area contributed by atoms with E-state index in [1.54, 1.807) is 0 Å². The summed E-state index contributed by atoms with van der Waals surface area (Å²) < 4.78 is 9.65. The molecule has 5 nitrogen and oxygen atoms in total. The molecule has 0 aromatic rings. The fourth-order valence-corrected chi connectivity index (χ4v) is 1.64. The molecule has 0 bridgehead atoms. The minimum atomic E-state index is -1.11. The summed E-state index contributed by atoms with van der Waals surface area (Å²) in [4.78, 5) is 0. The Hall–Kier alpha value is 0.0169. The van der Waals surface area contributed by atoms with Gasteiger partial charge in [-0.2, -0.15) is 0 Å². The summed E-state index contributed by atoms with van der Waals surface area (Å²) in [5, 5.41) is 27.0. The molecule has 1 saturated heterocycles. The number of aliphatic hydroxyl groups excluding tert-OH is 3. The first-order chi connectivity index (χ1) is 5.20. The molecule has 1 unspecified atom stereocenters. The van der Waals surface area contributed by atoms with Crippen LogP contribution in [0.25, 0.3) is 0 Å². The second kappa shape index (κ2) is 3.61. The van der Waals surface area contributed by atoms with E-state index in [4.69, 9.17) is 19.4 Å². The summed E-state index contributed by atoms with van der Waals surface area (Å²) in [5.41, 5.74) is 0. The van der Waals surface area contributed by atoms with E-state index in [0.29, 0.717) is 10.5 Å². The van der Waals surface area contributed by atoms with E-state index in [-0.39, 0.29) is 6.61 Å². The van der Waals surface area contributed by atoms with Gasteiger partial charge in [-0.3, -0.25) is 0 Å². The van der Waals surface area contributed by atoms with Crippen LogP contribution in [0.1, 0.15) is 0 Å². The zero-order chi connectivity index (χ0) is 8.43. The van der Waals surface area contributed by atoms with Gasteiger partial charge in [-0.05, 0) is 0 Å². The van der Waals surface area contributed by atoms with Crippen molar-refractivity contribution in [2.24, 2.45) is 0 Å². The average molecular weight is 180 g/mol. The van der Waals surface area contributed by atoms with Crippen LogP contribution in [0.15, 0.2) is 0 Å². The van der Waals surface area contributed by atoms with Crippen molar-refractivity contribution in [3.63, 3.8) is 0 Å². The Labute approximate surface area is 67.1 Å². The number of ether oxygens (including phenoxy) is 1. The molecule has 0 aromatic carbocycles. The van der Waals surface area contributed by atoms with Crippen LogP contribution in [0.3, 0.4) is 0 Å². The van der Waals surface area contributed by atoms with Crippen LogP contribution < -0.4 is 0 Å². The lowest BCUT2D eigenvalue weighted by atomic mass is 10.1. The molecule has 6 heteroatoms. The monoisotopic (exact) mass is 180 g/mol. The number of hydrogen-bond donors (Lipinski definition) is 3. The van der Waals surface area contributed by atoms with Gasteiger partial charge in [-0.1, -0.05) is 0 Å². The Kier molecular flexibility index (Phi) is 2.99. The Morgan fingerprint density at radius 3 is 2.36 bits per heavy atom. The standard InChI is InChI=1S/C5H12O5Si/c6-1-2-3(7)4(10-11)5(8)9-2/h2-8H,1H2,11H3/t2-,3-,4+,5?/m0/s1. The molecule has 0 spiro atoms. The lowest BCUT2D eigenvalue weighted by Gasteiger charge is -2.14. The van der Waals surface area contributed by atoms with Gasteiger partial charge in [0.05, 0.1) is 6.61 Å². The molecule has 1 rings (SSSR count). The Morgan fingerprint density at radius 2 is 2.09 bits per heavy atom. The van der Waals surface area contributed by atoms with Crippen LogP contribution in [-0.2, 0) is 9.16 Å². The molecular formula is C5H12O5Si. The highest BCUT2D eigenvalue weighted by Gasteiger charge is 2.42. The topological polar surface area (TPSA) is 79.2 Å². The van der Waals surface area contributed by atoms with Crippen molar-refractivity contribution in [3.05, 3.63) is 0 Å². The van der Waals surface area contributed by atoms with Crippen molar-refractivity contribution in [3.8, 4) is 0 Å². The average Bonchev–Trinajstić information content (AvgIpc) is 2.26. The van der Waals surface area contributed by atoms with Crippen molar-refractivity contribution in [2.45, 2.75) is 24.6 Å². The SMILES string of the molecule is OC[C@@H]1OC(O)[C@H](O[SiH3])[C@H]1O. The molecule has 0 saturated carbocycles. The third kappa shape index (κ3) is 1.61. The second-order valence-corrected chi connectivity index (χ2v) is 2.91. The summed E-state index contributed by atoms with van der Waals surface area (Å²) in [7, 11) is 0.420. The molecule has 1 aliphatic rings. The lowest BCUT2D eigenvalue weighted by molar-refractivity contribution is -0.127. The summed E-state index contributed by atoms with van der Waals surface area (Å²) in [6.07, 6.45) is -3.45. The molecule has 66 valence electrons. The Balaban J connectivity index is 2.55. The van der Waals surface area contributed by atoms with Gasteiger partial charge in [0.1, 0.15) is 28.8 Å². The van der Waals surface area contributed by atoms with Gasteiger partial charge >= 0.3 is 0 Å². The zero-order valence-electron chi connectivity index (χ0n) is 6.17. The van der Waals surface area contributed by atoms with E-state index in [2.05, 4.69) is 0 Å². The highest BCUT2D eigenvalue weighted by molar-refractivity contribution is 5.98. The lowest BCUT2D eigenvalue weighted by Crippen LogP contribution is -2.35. The third-order valence-electron chi connectivity index (χ3n) is 1.76. The minimum absolute atomic E-state index is 0.306. The van der Waals surface area contributed by atoms with Crippen molar-refractivity contribution in [2.75, 3.05) is 6.61 Å². The molecule has 0 radical (unpaired) electrons. The first-order valence-corrected chi connectivity index (χ1v) is 4.17. The summed E-state index contributed by atoms with van der Waals surface area (Å²) >= 11 is 0. The van der Waals surface area contributed by atoms with E-state index < -0.39 is 24.6 Å². The van der Waals surface area contributed by atoms with Crippen LogP contribution in [0.4, 0.5) is 0 Å². The fraction of sp³-hybridized carbons (Fsp3) is 1.00. The van der Waals surface area contributed by atoms with Gasteiger partial charge in [0.25, 0.3) is 0 Å². The maximum absolute atomic E-state index is 9.27. The molecule has 1 aliphatic heterocycles. The maximum atomic E-state index is 9.27. The second-order valence-electron chi connectivity index (χ2n) is 2.44. The van der Waals surface area contributed by atoms with Gasteiger partial charge in [0.15, 0.2) is 6.29 Å². The largest absolute Gasteiger partial charge is 0.418 e. The van der Waals surface area contributed by atoms with Crippen LogP contribution in [0.5, 0.6) is 0 Å². The molecular weight excluding hydrogens is 168 g/mol. The molecule has 0 aromatic heterocycles. The maximum Gasteiger partial charge on any atom is 0.183 e. The first kappa shape index (κ1) is 9.11. The first-order valence-electron chi connectivity index (χ1n) is 3.36. The van der Waals surface area contributed by atoms with Crippen molar-refractivity contribution in [1.29, 1.82) is 0 Å². The van der Waals surface area contributed by atoms with Crippen LogP contribution in [0, 0.1) is 0 Å². The minimum Gasteiger partial charge on any atom is -0.418 e. The zero-order valence-corrected chi connectivity index (χ0v) is 8.17. The highest BCUT2D eigenvalue weighted by atomic mass is 28.2. The van der Waals surface area contributed by atoms with Gasteiger partial charge < -0.3 is 24.5 Å². The van der Waals surface area contributed by atoms with Gasteiger partial charge in [0.2, 0.25) is 0 Å². The fourth-order valence-electron chi connectivity index (χ4n) is 1.12. The van der Waals surface area contributed by atoms with E-state index >= 15 is 0 Å². The molecule has 3 N–H and O–H groups in total. The molecule has 1 heterocycles. The Bertz CT molecular complexity index is 132. The Morgan fingerprint density at radius 1 is 1.45 bits per heavy atom. The molecule has 11 heavy (non-hydrogen) atoms. The van der Waals surface area contributed by atoms with Crippen molar-refractivity contribution in [1.82, 2.24) is 0 Å². The van der Waals surface area contributed by atoms with E-state index in [9.17, 15) is 5.11 Å². The van der Waals surface area contributed by atoms with Crippen LogP contribution in [-0.4, -0.2) is 57.0 Å². The van der Waals surface area contributed by atoms with Crippen molar-refractivity contribution < 1.29 is 24.5 Å². The predicted molar refractivity (Wildman–Crippen MR) is 38.8 cm³/mol. The van der Waals surface area contributed by atoms with E-state index in [1.165, 1.54) is 0 Å². The molecule has 4 atom stereocenters. The number of hydrogen-bond acceptors (Lipinski definition) is 5. The number of aliphatic hydroxyl groups is 3. The van der Waals surface area contributed by atoms with Crippen LogP contribution in [0.2, 0.25) is 0 Å².